The number of benzene rings is 1. The molecule has 0 radical (unpaired) electrons. The molecule has 0 spiro atoms. The number of nitrogens with one attached hydrogen (secondary N) is 1. The van der Waals surface area contributed by atoms with Gasteiger partial charge in [-0.1, -0.05) is 25.5 Å². The molecule has 0 aliphatic carbocycles. The number of hydrogen-bond donors (Lipinski definition) is 3. The predicted molar refractivity (Wildman–Crippen MR) is 81.9 cm³/mol. The summed E-state index contributed by atoms with van der Waals surface area (Å²) < 4.78 is 20.6. The molecule has 0 fully saturated rings. The molecule has 0 saturated carbocycles. The molecule has 1 amide bonds. The summed E-state index contributed by atoms with van der Waals surface area (Å²) in [6, 6.07) is 6.81. The number of rotatable bonds is 9. The standard InChI is InChI=1S/C14H22NO6P/c1-2-3-10-20-14(16)15-9-8-12-4-6-13(7-5-12)21-11-22(17,18)19/h4-7H,2-3,8-11H2,1H3,(H,15,16)(H2,17,18,19). The molecule has 0 atom stereocenters. The number of carbonyl (C=O) groups excluding carboxylic acids is 1. The van der Waals surface area contributed by atoms with E-state index in [2.05, 4.69) is 5.32 Å². The first-order chi connectivity index (χ1) is 10.4. The van der Waals surface area contributed by atoms with Gasteiger partial charge in [0.15, 0.2) is 6.35 Å². The van der Waals surface area contributed by atoms with E-state index in [1.165, 1.54) is 0 Å². The van der Waals surface area contributed by atoms with Gasteiger partial charge in [0.25, 0.3) is 0 Å². The summed E-state index contributed by atoms with van der Waals surface area (Å²) >= 11 is 0. The Morgan fingerprint density at radius 2 is 1.95 bits per heavy atom. The Balaban J connectivity index is 2.27. The van der Waals surface area contributed by atoms with Crippen LogP contribution in [0.1, 0.15) is 25.3 Å². The van der Waals surface area contributed by atoms with E-state index >= 15 is 0 Å². The lowest BCUT2D eigenvalue weighted by Crippen LogP contribution is -2.26. The first kappa shape index (κ1) is 18.5. The molecule has 0 unspecified atom stereocenters. The second kappa shape index (κ2) is 9.46. The number of carbonyl (C=O) groups is 1. The summed E-state index contributed by atoms with van der Waals surface area (Å²) in [5.74, 6) is 0.388. The maximum Gasteiger partial charge on any atom is 0.407 e. The molecule has 22 heavy (non-hydrogen) atoms. The molecule has 124 valence electrons. The topological polar surface area (TPSA) is 105 Å². The van der Waals surface area contributed by atoms with Crippen molar-refractivity contribution >= 4 is 13.7 Å². The minimum Gasteiger partial charge on any atom is -0.481 e. The van der Waals surface area contributed by atoms with Gasteiger partial charge in [-0.25, -0.2) is 4.79 Å². The zero-order valence-electron chi connectivity index (χ0n) is 12.5. The van der Waals surface area contributed by atoms with Gasteiger partial charge in [0.05, 0.1) is 6.61 Å². The molecule has 0 aromatic heterocycles. The summed E-state index contributed by atoms with van der Waals surface area (Å²) in [5, 5.41) is 2.65. The van der Waals surface area contributed by atoms with Crippen molar-refractivity contribution in [1.29, 1.82) is 0 Å². The van der Waals surface area contributed by atoms with Crippen molar-refractivity contribution in [1.82, 2.24) is 5.32 Å². The van der Waals surface area contributed by atoms with E-state index in [4.69, 9.17) is 19.3 Å². The molecular weight excluding hydrogens is 309 g/mol. The molecule has 0 aliphatic rings. The third kappa shape index (κ3) is 8.67. The maximum absolute atomic E-state index is 11.3. The van der Waals surface area contributed by atoms with Gasteiger partial charge in [0.2, 0.25) is 0 Å². The van der Waals surface area contributed by atoms with Crippen LogP contribution in [0.25, 0.3) is 0 Å². The Labute approximate surface area is 129 Å². The Hall–Kier alpha value is -1.56. The average Bonchev–Trinajstić information content (AvgIpc) is 2.46. The highest BCUT2D eigenvalue weighted by Gasteiger charge is 2.13. The van der Waals surface area contributed by atoms with Gasteiger partial charge in [0.1, 0.15) is 5.75 Å². The van der Waals surface area contributed by atoms with E-state index < -0.39 is 20.0 Å². The maximum atomic E-state index is 11.3. The smallest absolute Gasteiger partial charge is 0.407 e. The summed E-state index contributed by atoms with van der Waals surface area (Å²) in [7, 11) is -4.17. The lowest BCUT2D eigenvalue weighted by molar-refractivity contribution is 0.144. The van der Waals surface area contributed by atoms with E-state index in [-0.39, 0.29) is 0 Å². The Bertz CT molecular complexity index is 499. The quantitative estimate of drug-likeness (QED) is 0.473. The van der Waals surface area contributed by atoms with Gasteiger partial charge in [0, 0.05) is 6.54 Å². The van der Waals surface area contributed by atoms with Gasteiger partial charge in [-0.3, -0.25) is 4.57 Å². The molecular formula is C14H22NO6P. The number of ether oxygens (including phenoxy) is 2. The van der Waals surface area contributed by atoms with Crippen molar-refractivity contribution in [2.45, 2.75) is 26.2 Å². The number of hydrogen-bond acceptors (Lipinski definition) is 4. The third-order valence-electron chi connectivity index (χ3n) is 2.74. The van der Waals surface area contributed by atoms with E-state index in [9.17, 15) is 9.36 Å². The molecule has 1 aromatic carbocycles. The van der Waals surface area contributed by atoms with Crippen LogP contribution in [0.2, 0.25) is 0 Å². The van der Waals surface area contributed by atoms with Crippen LogP contribution in [0.3, 0.4) is 0 Å². The highest BCUT2D eigenvalue weighted by Crippen LogP contribution is 2.34. The van der Waals surface area contributed by atoms with Crippen LogP contribution in [-0.4, -0.2) is 35.4 Å². The molecule has 0 saturated heterocycles. The highest BCUT2D eigenvalue weighted by atomic mass is 31.2. The van der Waals surface area contributed by atoms with Crippen molar-refractivity contribution < 1.29 is 28.6 Å². The fraction of sp³-hybridized carbons (Fsp3) is 0.500. The summed E-state index contributed by atoms with van der Waals surface area (Å²) in [4.78, 5) is 28.7. The zero-order chi connectivity index (χ0) is 16.4. The fourth-order valence-corrected chi connectivity index (χ4v) is 1.90. The molecule has 0 bridgehead atoms. The third-order valence-corrected chi connectivity index (χ3v) is 3.20. The fourth-order valence-electron chi connectivity index (χ4n) is 1.58. The molecule has 1 rings (SSSR count). The van der Waals surface area contributed by atoms with Crippen molar-refractivity contribution in [3.8, 4) is 5.75 Å². The summed E-state index contributed by atoms with van der Waals surface area (Å²) in [6.45, 7) is 2.90. The van der Waals surface area contributed by atoms with E-state index in [1.54, 1.807) is 24.3 Å². The van der Waals surface area contributed by atoms with E-state index in [0.717, 1.165) is 18.4 Å². The first-order valence-corrected chi connectivity index (χ1v) is 8.87. The van der Waals surface area contributed by atoms with Gasteiger partial charge < -0.3 is 24.6 Å². The van der Waals surface area contributed by atoms with Crippen molar-refractivity contribution in [2.75, 3.05) is 19.5 Å². The second-order valence-corrected chi connectivity index (χ2v) is 6.34. The van der Waals surface area contributed by atoms with Gasteiger partial charge in [-0.15, -0.1) is 0 Å². The monoisotopic (exact) mass is 331 g/mol. The molecule has 1 aromatic rings. The minimum absolute atomic E-state index is 0.388. The van der Waals surface area contributed by atoms with Crippen molar-refractivity contribution in [3.63, 3.8) is 0 Å². The van der Waals surface area contributed by atoms with Crippen LogP contribution in [0, 0.1) is 0 Å². The van der Waals surface area contributed by atoms with Crippen molar-refractivity contribution in [2.24, 2.45) is 0 Å². The molecule has 8 heteroatoms. The lowest BCUT2D eigenvalue weighted by atomic mass is 10.1. The van der Waals surface area contributed by atoms with Crippen LogP contribution in [0.15, 0.2) is 24.3 Å². The van der Waals surface area contributed by atoms with Crippen LogP contribution >= 0.6 is 7.60 Å². The predicted octanol–water partition coefficient (Wildman–Crippen LogP) is 2.27. The van der Waals surface area contributed by atoms with Gasteiger partial charge in [-0.2, -0.15) is 0 Å². The molecule has 3 N–H and O–H groups in total. The Morgan fingerprint density at radius 1 is 1.27 bits per heavy atom. The van der Waals surface area contributed by atoms with Crippen molar-refractivity contribution in [3.05, 3.63) is 29.8 Å². The Kier molecular flexibility index (Phi) is 7.95. The number of amides is 1. The van der Waals surface area contributed by atoms with Crippen LogP contribution in [0.5, 0.6) is 5.75 Å². The first-order valence-electron chi connectivity index (χ1n) is 7.07. The molecule has 0 heterocycles. The van der Waals surface area contributed by atoms with Crippen LogP contribution in [-0.2, 0) is 15.7 Å². The van der Waals surface area contributed by atoms with E-state index in [0.29, 0.717) is 25.3 Å². The highest BCUT2D eigenvalue weighted by molar-refractivity contribution is 7.51. The second-order valence-electron chi connectivity index (χ2n) is 4.75. The summed E-state index contributed by atoms with van der Waals surface area (Å²) in [5.41, 5.74) is 0.970. The Morgan fingerprint density at radius 3 is 2.55 bits per heavy atom. The lowest BCUT2D eigenvalue weighted by Gasteiger charge is -2.09. The normalized spacial score (nSPS) is 11.0. The molecule has 0 aliphatic heterocycles. The summed E-state index contributed by atoms with van der Waals surface area (Å²) in [6.07, 6.45) is 1.39. The largest absolute Gasteiger partial charge is 0.481 e. The van der Waals surface area contributed by atoms with E-state index in [1.807, 2.05) is 6.92 Å². The average molecular weight is 331 g/mol. The number of alkyl carbamates (subject to hydrolysis) is 1. The molecule has 7 nitrogen and oxygen atoms in total. The van der Waals surface area contributed by atoms with Crippen LogP contribution < -0.4 is 10.1 Å². The van der Waals surface area contributed by atoms with Crippen LogP contribution in [0.4, 0.5) is 4.79 Å². The minimum atomic E-state index is -4.17. The SMILES string of the molecule is CCCCOC(=O)NCCc1ccc(OCP(=O)(O)O)cc1. The number of unbranched alkanes of at least 4 members (excludes halogenated alkanes) is 1. The van der Waals surface area contributed by atoms with Gasteiger partial charge >= 0.3 is 13.7 Å². The zero-order valence-corrected chi connectivity index (χ0v) is 13.4. The van der Waals surface area contributed by atoms with Gasteiger partial charge in [-0.05, 0) is 30.5 Å².